The molecular formula is C21H22. The zero-order valence-electron chi connectivity index (χ0n) is 12.5. The standard InChI is InChI=1S/C21H22/c1-4-10-18(11-5-1)16-17-21(19-12-6-2-7-13-19)20-14-8-3-9-15-20/h1-2,4-7,10-13,20-21H,3,8-9,14-15H2/t21-/m0/s1. The Morgan fingerprint density at radius 2 is 1.38 bits per heavy atom. The van der Waals surface area contributed by atoms with E-state index in [4.69, 9.17) is 0 Å². The third kappa shape index (κ3) is 3.76. The summed E-state index contributed by atoms with van der Waals surface area (Å²) in [6, 6.07) is 21.2. The Bertz CT molecular complexity index is 595. The van der Waals surface area contributed by atoms with E-state index in [2.05, 4.69) is 66.4 Å². The van der Waals surface area contributed by atoms with E-state index < -0.39 is 0 Å². The highest BCUT2D eigenvalue weighted by Gasteiger charge is 2.23. The van der Waals surface area contributed by atoms with Crippen molar-refractivity contribution in [2.24, 2.45) is 5.92 Å². The molecule has 0 heterocycles. The van der Waals surface area contributed by atoms with Crippen molar-refractivity contribution in [2.75, 3.05) is 0 Å². The predicted octanol–water partition coefficient (Wildman–Crippen LogP) is 5.40. The molecule has 1 atom stereocenters. The molecular weight excluding hydrogens is 252 g/mol. The van der Waals surface area contributed by atoms with Crippen LogP contribution < -0.4 is 0 Å². The first-order valence-corrected chi connectivity index (χ1v) is 8.05. The maximum atomic E-state index is 3.57. The minimum Gasteiger partial charge on any atom is -0.0894 e. The molecule has 21 heavy (non-hydrogen) atoms. The summed E-state index contributed by atoms with van der Waals surface area (Å²) < 4.78 is 0. The maximum absolute atomic E-state index is 3.57. The normalized spacial score (nSPS) is 16.8. The van der Waals surface area contributed by atoms with E-state index in [1.807, 2.05) is 6.07 Å². The molecule has 2 aromatic rings. The van der Waals surface area contributed by atoms with Crippen molar-refractivity contribution < 1.29 is 0 Å². The Morgan fingerprint density at radius 3 is 2.05 bits per heavy atom. The first kappa shape index (κ1) is 14.0. The Morgan fingerprint density at radius 1 is 0.762 bits per heavy atom. The van der Waals surface area contributed by atoms with Gasteiger partial charge in [-0.15, -0.1) is 0 Å². The molecule has 0 N–H and O–H groups in total. The molecule has 1 saturated carbocycles. The molecule has 0 aromatic heterocycles. The van der Waals surface area contributed by atoms with Crippen molar-refractivity contribution >= 4 is 0 Å². The highest BCUT2D eigenvalue weighted by molar-refractivity contribution is 5.38. The quantitative estimate of drug-likeness (QED) is 0.643. The van der Waals surface area contributed by atoms with E-state index in [1.165, 1.54) is 37.7 Å². The van der Waals surface area contributed by atoms with Gasteiger partial charge in [0.05, 0.1) is 0 Å². The van der Waals surface area contributed by atoms with Crippen LogP contribution in [0.3, 0.4) is 0 Å². The Hall–Kier alpha value is -2.00. The van der Waals surface area contributed by atoms with E-state index in [9.17, 15) is 0 Å². The molecule has 0 bridgehead atoms. The third-order valence-corrected chi connectivity index (χ3v) is 4.43. The Kier molecular flexibility index (Phi) is 4.74. The lowest BCUT2D eigenvalue weighted by Gasteiger charge is -2.27. The maximum Gasteiger partial charge on any atom is 0.0484 e. The van der Waals surface area contributed by atoms with Crippen molar-refractivity contribution in [1.29, 1.82) is 0 Å². The molecule has 0 radical (unpaired) electrons. The summed E-state index contributed by atoms with van der Waals surface area (Å²) in [5, 5.41) is 0. The zero-order valence-corrected chi connectivity index (χ0v) is 12.5. The molecule has 0 nitrogen and oxygen atoms in total. The smallest absolute Gasteiger partial charge is 0.0484 e. The predicted molar refractivity (Wildman–Crippen MR) is 89.1 cm³/mol. The molecule has 1 fully saturated rings. The summed E-state index contributed by atoms with van der Waals surface area (Å²) in [5.41, 5.74) is 2.50. The number of hydrogen-bond acceptors (Lipinski definition) is 0. The second-order valence-electron chi connectivity index (χ2n) is 5.92. The van der Waals surface area contributed by atoms with Gasteiger partial charge < -0.3 is 0 Å². The van der Waals surface area contributed by atoms with Crippen LogP contribution >= 0.6 is 0 Å². The largest absolute Gasteiger partial charge is 0.0894 e. The first-order chi connectivity index (χ1) is 10.4. The molecule has 0 saturated heterocycles. The van der Waals surface area contributed by atoms with Crippen LogP contribution in [0.2, 0.25) is 0 Å². The van der Waals surface area contributed by atoms with Gasteiger partial charge in [-0.1, -0.05) is 79.6 Å². The van der Waals surface area contributed by atoms with Gasteiger partial charge in [0, 0.05) is 11.5 Å². The summed E-state index contributed by atoms with van der Waals surface area (Å²) in [7, 11) is 0. The molecule has 1 aliphatic carbocycles. The zero-order chi connectivity index (χ0) is 14.3. The van der Waals surface area contributed by atoms with Gasteiger partial charge in [0.2, 0.25) is 0 Å². The van der Waals surface area contributed by atoms with E-state index in [1.54, 1.807) is 0 Å². The molecule has 0 amide bonds. The van der Waals surface area contributed by atoms with E-state index >= 15 is 0 Å². The van der Waals surface area contributed by atoms with Crippen molar-refractivity contribution in [3.8, 4) is 11.8 Å². The van der Waals surface area contributed by atoms with E-state index in [0.29, 0.717) is 5.92 Å². The molecule has 0 unspecified atom stereocenters. The van der Waals surface area contributed by atoms with Gasteiger partial charge in [-0.3, -0.25) is 0 Å². The second-order valence-corrected chi connectivity index (χ2v) is 5.92. The molecule has 2 aromatic carbocycles. The minimum atomic E-state index is 0.381. The fourth-order valence-electron chi connectivity index (χ4n) is 3.28. The van der Waals surface area contributed by atoms with Crippen LogP contribution in [0.5, 0.6) is 0 Å². The molecule has 3 rings (SSSR count). The lowest BCUT2D eigenvalue weighted by Crippen LogP contribution is -2.15. The van der Waals surface area contributed by atoms with Gasteiger partial charge in [0.1, 0.15) is 0 Å². The fourth-order valence-corrected chi connectivity index (χ4v) is 3.28. The van der Waals surface area contributed by atoms with Crippen LogP contribution in [0.15, 0.2) is 60.7 Å². The monoisotopic (exact) mass is 274 g/mol. The van der Waals surface area contributed by atoms with E-state index in [0.717, 1.165) is 11.5 Å². The van der Waals surface area contributed by atoms with Gasteiger partial charge in [-0.25, -0.2) is 0 Å². The van der Waals surface area contributed by atoms with Crippen LogP contribution in [0, 0.1) is 17.8 Å². The highest BCUT2D eigenvalue weighted by Crippen LogP contribution is 2.35. The molecule has 1 aliphatic rings. The van der Waals surface area contributed by atoms with Crippen LogP contribution in [0.25, 0.3) is 0 Å². The summed E-state index contributed by atoms with van der Waals surface area (Å²) in [6.07, 6.45) is 6.76. The Balaban J connectivity index is 1.87. The lowest BCUT2D eigenvalue weighted by atomic mass is 9.77. The summed E-state index contributed by atoms with van der Waals surface area (Å²) in [6.45, 7) is 0. The molecule has 0 aliphatic heterocycles. The Labute approximate surface area is 128 Å². The third-order valence-electron chi connectivity index (χ3n) is 4.43. The van der Waals surface area contributed by atoms with Crippen molar-refractivity contribution in [3.63, 3.8) is 0 Å². The summed E-state index contributed by atoms with van der Waals surface area (Å²) >= 11 is 0. The average Bonchev–Trinajstić information content (AvgIpc) is 2.58. The summed E-state index contributed by atoms with van der Waals surface area (Å²) in [5.74, 6) is 8.06. The van der Waals surface area contributed by atoms with Gasteiger partial charge >= 0.3 is 0 Å². The fraction of sp³-hybridized carbons (Fsp3) is 0.333. The second kappa shape index (κ2) is 7.14. The van der Waals surface area contributed by atoms with Gasteiger partial charge in [0.25, 0.3) is 0 Å². The van der Waals surface area contributed by atoms with Gasteiger partial charge in [-0.05, 0) is 36.5 Å². The van der Waals surface area contributed by atoms with Crippen molar-refractivity contribution in [1.82, 2.24) is 0 Å². The highest BCUT2D eigenvalue weighted by atomic mass is 14.3. The summed E-state index contributed by atoms with van der Waals surface area (Å²) in [4.78, 5) is 0. The molecule has 0 heteroatoms. The van der Waals surface area contributed by atoms with Gasteiger partial charge in [0.15, 0.2) is 0 Å². The number of benzene rings is 2. The van der Waals surface area contributed by atoms with Crippen LogP contribution in [-0.2, 0) is 0 Å². The van der Waals surface area contributed by atoms with Crippen LogP contribution in [0.1, 0.15) is 49.1 Å². The van der Waals surface area contributed by atoms with Crippen LogP contribution in [0.4, 0.5) is 0 Å². The average molecular weight is 274 g/mol. The van der Waals surface area contributed by atoms with E-state index in [-0.39, 0.29) is 0 Å². The lowest BCUT2D eigenvalue weighted by molar-refractivity contribution is 0.337. The van der Waals surface area contributed by atoms with Crippen molar-refractivity contribution in [2.45, 2.75) is 38.0 Å². The SMILES string of the molecule is C(#C[C@@H](c1ccccc1)C1CCCCC1)c1ccccc1. The van der Waals surface area contributed by atoms with Crippen LogP contribution in [-0.4, -0.2) is 0 Å². The van der Waals surface area contributed by atoms with Crippen molar-refractivity contribution in [3.05, 3.63) is 71.8 Å². The molecule has 0 spiro atoms. The topological polar surface area (TPSA) is 0 Å². The number of hydrogen-bond donors (Lipinski definition) is 0. The molecule has 106 valence electrons. The minimum absolute atomic E-state index is 0.381. The first-order valence-electron chi connectivity index (χ1n) is 8.05. The number of rotatable bonds is 2. The van der Waals surface area contributed by atoms with Gasteiger partial charge in [-0.2, -0.15) is 0 Å².